The van der Waals surface area contributed by atoms with Gasteiger partial charge in [0.05, 0.1) is 16.8 Å². The smallest absolute Gasteiger partial charge is 0.294 e. The van der Waals surface area contributed by atoms with Crippen LogP contribution in [0.4, 0.5) is 0 Å². The number of benzene rings is 1. The Morgan fingerprint density at radius 3 is 2.78 bits per heavy atom. The molecule has 0 N–H and O–H groups in total. The highest BCUT2D eigenvalue weighted by molar-refractivity contribution is 7.92. The second kappa shape index (κ2) is 5.96. The quantitative estimate of drug-likeness (QED) is 0.671. The minimum absolute atomic E-state index is 0.232. The van der Waals surface area contributed by atoms with Crippen molar-refractivity contribution in [1.82, 2.24) is 4.57 Å². The minimum Gasteiger partial charge on any atom is -0.304 e. The van der Waals surface area contributed by atoms with Crippen molar-refractivity contribution in [3.8, 4) is 12.3 Å². The van der Waals surface area contributed by atoms with Crippen molar-refractivity contribution in [2.24, 2.45) is 4.40 Å². The number of fused-ring (bicyclic) bond motifs is 1. The molecule has 0 unspecified atom stereocenters. The first-order valence-corrected chi connectivity index (χ1v) is 9.94. The summed E-state index contributed by atoms with van der Waals surface area (Å²) in [7, 11) is -3.72. The average Bonchev–Trinajstić information content (AvgIpc) is 3.10. The number of hydrogen-bond donors (Lipinski definition) is 0. The Morgan fingerprint density at radius 1 is 1.35 bits per heavy atom. The zero-order valence-corrected chi connectivity index (χ0v) is 15.1. The van der Waals surface area contributed by atoms with Crippen LogP contribution in [0.25, 0.3) is 10.2 Å². The monoisotopic (exact) mass is 362 g/mol. The van der Waals surface area contributed by atoms with Crippen LogP contribution in [0.1, 0.15) is 11.1 Å². The van der Waals surface area contributed by atoms with E-state index in [-0.39, 0.29) is 10.8 Å². The highest BCUT2D eigenvalue weighted by Gasteiger charge is 2.16. The maximum atomic E-state index is 12.4. The van der Waals surface area contributed by atoms with Crippen LogP contribution in [0.3, 0.4) is 0 Å². The standard InChI is InChI=1S/C16H14N2O2S3/c1-4-7-18-13-10-11(2)9-12(3)15(13)22-16(18)17-23(19,20)14-6-5-8-21-14/h1,5-6,8-10H,7H2,2-3H3/b17-16-. The molecule has 7 heteroatoms. The van der Waals surface area contributed by atoms with Crippen LogP contribution in [0.15, 0.2) is 38.3 Å². The van der Waals surface area contributed by atoms with Crippen molar-refractivity contribution >= 4 is 42.9 Å². The van der Waals surface area contributed by atoms with E-state index in [9.17, 15) is 8.42 Å². The van der Waals surface area contributed by atoms with Crippen LogP contribution in [0, 0.1) is 26.2 Å². The summed E-state index contributed by atoms with van der Waals surface area (Å²) in [5, 5.41) is 1.72. The number of aryl methyl sites for hydroxylation is 2. The minimum atomic E-state index is -3.72. The molecule has 0 amide bonds. The highest BCUT2D eigenvalue weighted by atomic mass is 32.2. The van der Waals surface area contributed by atoms with Gasteiger partial charge in [0, 0.05) is 0 Å². The van der Waals surface area contributed by atoms with Crippen molar-refractivity contribution in [2.75, 3.05) is 0 Å². The average molecular weight is 363 g/mol. The summed E-state index contributed by atoms with van der Waals surface area (Å²) < 4.78 is 31.9. The molecule has 0 bridgehead atoms. The third-order valence-electron chi connectivity index (χ3n) is 3.31. The van der Waals surface area contributed by atoms with Crippen molar-refractivity contribution in [3.63, 3.8) is 0 Å². The van der Waals surface area contributed by atoms with E-state index >= 15 is 0 Å². The van der Waals surface area contributed by atoms with Crippen LogP contribution in [0.2, 0.25) is 0 Å². The van der Waals surface area contributed by atoms with Gasteiger partial charge >= 0.3 is 0 Å². The van der Waals surface area contributed by atoms with Crippen molar-refractivity contribution in [3.05, 3.63) is 45.6 Å². The van der Waals surface area contributed by atoms with E-state index in [1.54, 1.807) is 22.1 Å². The molecular formula is C16H14N2O2S3. The van der Waals surface area contributed by atoms with Gasteiger partial charge < -0.3 is 4.57 Å². The predicted octanol–water partition coefficient (Wildman–Crippen LogP) is 3.30. The van der Waals surface area contributed by atoms with E-state index in [0.717, 1.165) is 32.7 Å². The van der Waals surface area contributed by atoms with Gasteiger partial charge in [-0.15, -0.1) is 22.2 Å². The summed E-state index contributed by atoms with van der Waals surface area (Å²) in [6.07, 6.45) is 5.46. The molecule has 3 aromatic rings. The summed E-state index contributed by atoms with van der Waals surface area (Å²) in [6, 6.07) is 7.32. The molecule has 1 aromatic carbocycles. The molecule has 2 aromatic heterocycles. The Kier molecular flexibility index (Phi) is 4.15. The molecule has 3 rings (SSSR count). The third kappa shape index (κ3) is 2.98. The second-order valence-corrected chi connectivity index (χ2v) is 8.86. The maximum absolute atomic E-state index is 12.4. The summed E-state index contributed by atoms with van der Waals surface area (Å²) in [5.41, 5.74) is 3.11. The number of sulfonamides is 1. The van der Waals surface area contributed by atoms with E-state index in [2.05, 4.69) is 16.4 Å². The molecular weight excluding hydrogens is 348 g/mol. The van der Waals surface area contributed by atoms with Crippen molar-refractivity contribution in [1.29, 1.82) is 0 Å². The van der Waals surface area contributed by atoms with Gasteiger partial charge in [-0.3, -0.25) is 0 Å². The first-order chi connectivity index (χ1) is 10.9. The lowest BCUT2D eigenvalue weighted by molar-refractivity contribution is 0.598. The highest BCUT2D eigenvalue weighted by Crippen LogP contribution is 2.24. The lowest BCUT2D eigenvalue weighted by Crippen LogP contribution is -2.16. The van der Waals surface area contributed by atoms with E-state index < -0.39 is 10.0 Å². The van der Waals surface area contributed by atoms with E-state index in [1.807, 2.05) is 19.9 Å². The van der Waals surface area contributed by atoms with E-state index in [0.29, 0.717) is 4.80 Å². The largest absolute Gasteiger partial charge is 0.304 e. The number of thiazole rings is 1. The van der Waals surface area contributed by atoms with Gasteiger partial charge in [-0.25, -0.2) is 0 Å². The number of rotatable bonds is 3. The zero-order chi connectivity index (χ0) is 16.6. The van der Waals surface area contributed by atoms with Gasteiger partial charge in [0.2, 0.25) is 4.80 Å². The molecule has 0 spiro atoms. The Balaban J connectivity index is 2.34. The number of nitrogens with zero attached hydrogens (tertiary/aromatic N) is 2. The first kappa shape index (κ1) is 16.0. The molecule has 0 aliphatic carbocycles. The molecule has 0 atom stereocenters. The number of aromatic nitrogens is 1. The molecule has 0 aliphatic rings. The molecule has 23 heavy (non-hydrogen) atoms. The Morgan fingerprint density at radius 2 is 2.13 bits per heavy atom. The molecule has 0 aliphatic heterocycles. The van der Waals surface area contributed by atoms with Crippen LogP contribution >= 0.6 is 22.7 Å². The van der Waals surface area contributed by atoms with Gasteiger partial charge in [0.1, 0.15) is 4.21 Å². The fraction of sp³-hybridized carbons (Fsp3) is 0.188. The summed E-state index contributed by atoms with van der Waals surface area (Å²) in [4.78, 5) is 0.403. The summed E-state index contributed by atoms with van der Waals surface area (Å²) >= 11 is 2.50. The fourth-order valence-corrected chi connectivity index (χ4v) is 5.64. The van der Waals surface area contributed by atoms with Crippen molar-refractivity contribution in [2.45, 2.75) is 24.6 Å². The van der Waals surface area contributed by atoms with Gasteiger partial charge in [-0.05, 0) is 42.5 Å². The Labute approximate surface area is 142 Å². The van der Waals surface area contributed by atoms with Gasteiger partial charge in [0.25, 0.3) is 10.0 Å². The Hall–Kier alpha value is -1.88. The van der Waals surface area contributed by atoms with Gasteiger partial charge in [-0.2, -0.15) is 8.42 Å². The van der Waals surface area contributed by atoms with E-state index in [4.69, 9.17) is 6.42 Å². The van der Waals surface area contributed by atoms with Crippen LogP contribution in [0.5, 0.6) is 0 Å². The van der Waals surface area contributed by atoms with Gasteiger partial charge in [0.15, 0.2) is 0 Å². The lowest BCUT2D eigenvalue weighted by atomic mass is 10.1. The molecule has 0 radical (unpaired) electrons. The number of hydrogen-bond acceptors (Lipinski definition) is 4. The maximum Gasteiger partial charge on any atom is 0.294 e. The zero-order valence-electron chi connectivity index (χ0n) is 12.6. The molecule has 2 heterocycles. The van der Waals surface area contributed by atoms with Crippen LogP contribution in [-0.4, -0.2) is 13.0 Å². The summed E-state index contributed by atoms with van der Waals surface area (Å²) in [5.74, 6) is 2.58. The lowest BCUT2D eigenvalue weighted by Gasteiger charge is -2.02. The SMILES string of the molecule is C#CCn1/c(=N/S(=O)(=O)c2cccs2)sc2c(C)cc(C)cc21. The summed E-state index contributed by atoms with van der Waals surface area (Å²) in [6.45, 7) is 4.29. The van der Waals surface area contributed by atoms with Gasteiger partial charge in [-0.1, -0.05) is 29.4 Å². The fourth-order valence-electron chi connectivity index (χ4n) is 2.38. The molecule has 0 fully saturated rings. The van der Waals surface area contributed by atoms with Crippen LogP contribution < -0.4 is 4.80 Å². The number of thiophene rings is 1. The van der Waals surface area contributed by atoms with Crippen LogP contribution in [-0.2, 0) is 16.6 Å². The topological polar surface area (TPSA) is 51.4 Å². The number of terminal acetylenes is 1. The third-order valence-corrected chi connectivity index (χ3v) is 7.30. The predicted molar refractivity (Wildman–Crippen MR) is 95.2 cm³/mol. The molecule has 0 saturated heterocycles. The second-order valence-electron chi connectivity index (χ2n) is 5.10. The normalized spacial score (nSPS) is 12.7. The Bertz CT molecular complexity index is 1080. The molecule has 118 valence electrons. The first-order valence-electron chi connectivity index (χ1n) is 6.81. The molecule has 0 saturated carbocycles. The van der Waals surface area contributed by atoms with Crippen molar-refractivity contribution < 1.29 is 8.42 Å². The van der Waals surface area contributed by atoms with E-state index in [1.165, 1.54) is 11.3 Å². The molecule has 4 nitrogen and oxygen atoms in total.